The fourth-order valence-electron chi connectivity index (χ4n) is 2.54. The van der Waals surface area contributed by atoms with Crippen molar-refractivity contribution >= 4 is 17.3 Å². The zero-order valence-corrected chi connectivity index (χ0v) is 11.2. The Morgan fingerprint density at radius 3 is 2.45 bits per heavy atom. The molecule has 2 aromatic carbocycles. The lowest BCUT2D eigenvalue weighted by molar-refractivity contribution is -0.117. The van der Waals surface area contributed by atoms with Crippen molar-refractivity contribution in [2.24, 2.45) is 5.73 Å². The summed E-state index contributed by atoms with van der Waals surface area (Å²) in [5, 5.41) is 0. The summed E-state index contributed by atoms with van der Waals surface area (Å²) in [6.45, 7) is 1.08. The lowest BCUT2D eigenvalue weighted by atomic mass is 10.1. The van der Waals surface area contributed by atoms with Crippen molar-refractivity contribution in [3.05, 3.63) is 59.2 Å². The predicted octanol–water partition coefficient (Wildman–Crippen LogP) is 1.82. The molecule has 0 saturated carbocycles. The van der Waals surface area contributed by atoms with Gasteiger partial charge in [0.1, 0.15) is 0 Å². The van der Waals surface area contributed by atoms with E-state index in [-0.39, 0.29) is 5.91 Å². The van der Waals surface area contributed by atoms with Gasteiger partial charge in [0.05, 0.1) is 13.0 Å². The second-order valence-electron chi connectivity index (χ2n) is 5.07. The van der Waals surface area contributed by atoms with Crippen molar-refractivity contribution in [3.8, 4) is 0 Å². The third-order valence-electron chi connectivity index (χ3n) is 3.63. The molecular formula is C16H17N3O. The van der Waals surface area contributed by atoms with Crippen molar-refractivity contribution < 1.29 is 4.79 Å². The number of hydrogen-bond donors (Lipinski definition) is 2. The van der Waals surface area contributed by atoms with E-state index >= 15 is 0 Å². The van der Waals surface area contributed by atoms with Crippen LogP contribution in [-0.4, -0.2) is 5.91 Å². The number of nitrogens with two attached hydrogens (primary N) is 2. The monoisotopic (exact) mass is 267 g/mol. The number of fused-ring (bicyclic) bond motifs is 1. The lowest BCUT2D eigenvalue weighted by Crippen LogP contribution is -2.25. The molecule has 4 heteroatoms. The highest BCUT2D eigenvalue weighted by Crippen LogP contribution is 2.31. The Morgan fingerprint density at radius 2 is 1.75 bits per heavy atom. The molecule has 0 fully saturated rings. The molecule has 1 aliphatic rings. The van der Waals surface area contributed by atoms with E-state index in [1.807, 2.05) is 47.4 Å². The molecule has 3 rings (SSSR count). The smallest absolute Gasteiger partial charge is 0.231 e. The zero-order valence-electron chi connectivity index (χ0n) is 11.2. The van der Waals surface area contributed by atoms with Crippen LogP contribution < -0.4 is 16.4 Å². The first-order chi connectivity index (χ1) is 9.67. The molecular weight excluding hydrogens is 250 g/mol. The minimum atomic E-state index is 0.131. The average Bonchev–Trinajstić information content (AvgIpc) is 2.76. The Labute approximate surface area is 118 Å². The van der Waals surface area contributed by atoms with Crippen LogP contribution >= 0.6 is 0 Å². The molecule has 1 aliphatic heterocycles. The summed E-state index contributed by atoms with van der Waals surface area (Å²) in [6.07, 6.45) is 0.456. The van der Waals surface area contributed by atoms with Gasteiger partial charge < -0.3 is 16.4 Å². The van der Waals surface area contributed by atoms with Crippen LogP contribution in [0.4, 0.5) is 11.4 Å². The van der Waals surface area contributed by atoms with Crippen LogP contribution in [0.2, 0.25) is 0 Å². The van der Waals surface area contributed by atoms with Crippen LogP contribution in [0.3, 0.4) is 0 Å². The average molecular weight is 267 g/mol. The van der Waals surface area contributed by atoms with Gasteiger partial charge in [-0.15, -0.1) is 0 Å². The number of carbonyl (C=O) groups excluding carboxylic acids is 1. The molecule has 0 unspecified atom stereocenters. The first-order valence-electron chi connectivity index (χ1n) is 6.64. The van der Waals surface area contributed by atoms with Gasteiger partial charge in [-0.2, -0.15) is 0 Å². The molecule has 102 valence electrons. The molecule has 4 nitrogen and oxygen atoms in total. The van der Waals surface area contributed by atoms with Crippen LogP contribution in [0.15, 0.2) is 42.5 Å². The maximum Gasteiger partial charge on any atom is 0.231 e. The summed E-state index contributed by atoms with van der Waals surface area (Å²) >= 11 is 0. The molecule has 0 aromatic heterocycles. The molecule has 0 radical (unpaired) electrons. The van der Waals surface area contributed by atoms with Gasteiger partial charge in [0.15, 0.2) is 0 Å². The lowest BCUT2D eigenvalue weighted by Gasteiger charge is -2.18. The van der Waals surface area contributed by atoms with Crippen LogP contribution in [0.1, 0.15) is 16.7 Å². The highest BCUT2D eigenvalue weighted by atomic mass is 16.2. The summed E-state index contributed by atoms with van der Waals surface area (Å²) < 4.78 is 0. The minimum Gasteiger partial charge on any atom is -0.399 e. The first-order valence-corrected chi connectivity index (χ1v) is 6.64. The summed E-state index contributed by atoms with van der Waals surface area (Å²) in [5.74, 6) is 0.131. The van der Waals surface area contributed by atoms with Crippen molar-refractivity contribution in [2.45, 2.75) is 19.5 Å². The SMILES string of the molecule is NCc1ccc2c(c1)CC(=O)N2Cc1ccc(N)cc1. The number of hydrogen-bond acceptors (Lipinski definition) is 3. The van der Waals surface area contributed by atoms with E-state index in [1.165, 1.54) is 0 Å². The van der Waals surface area contributed by atoms with Crippen LogP contribution in [0.5, 0.6) is 0 Å². The van der Waals surface area contributed by atoms with Gasteiger partial charge in [-0.25, -0.2) is 0 Å². The topological polar surface area (TPSA) is 72.4 Å². The molecule has 1 amide bonds. The van der Waals surface area contributed by atoms with Crippen molar-refractivity contribution in [1.82, 2.24) is 0 Å². The normalized spacial score (nSPS) is 13.7. The Kier molecular flexibility index (Phi) is 3.16. The van der Waals surface area contributed by atoms with Crippen molar-refractivity contribution in [3.63, 3.8) is 0 Å². The molecule has 20 heavy (non-hydrogen) atoms. The molecule has 1 heterocycles. The number of rotatable bonds is 3. The standard InChI is InChI=1S/C16H17N3O/c17-9-12-3-6-15-13(7-12)8-16(20)19(15)10-11-1-4-14(18)5-2-11/h1-7H,8-10,17-18H2. The van der Waals surface area contributed by atoms with E-state index in [0.29, 0.717) is 19.5 Å². The second kappa shape index (κ2) is 4.98. The highest BCUT2D eigenvalue weighted by Gasteiger charge is 2.27. The fraction of sp³-hybridized carbons (Fsp3) is 0.188. The maximum atomic E-state index is 12.2. The third kappa shape index (κ3) is 2.26. The van der Waals surface area contributed by atoms with E-state index in [1.54, 1.807) is 0 Å². The van der Waals surface area contributed by atoms with Crippen LogP contribution in [0, 0.1) is 0 Å². The number of benzene rings is 2. The Morgan fingerprint density at radius 1 is 1.05 bits per heavy atom. The van der Waals surface area contributed by atoms with Gasteiger partial charge in [-0.3, -0.25) is 4.79 Å². The molecule has 0 atom stereocenters. The quantitative estimate of drug-likeness (QED) is 0.833. The van der Waals surface area contributed by atoms with Gasteiger partial charge in [0, 0.05) is 17.9 Å². The van der Waals surface area contributed by atoms with E-state index in [9.17, 15) is 4.79 Å². The van der Waals surface area contributed by atoms with E-state index in [2.05, 4.69) is 0 Å². The molecule has 2 aromatic rings. The van der Waals surface area contributed by atoms with E-state index in [0.717, 1.165) is 28.1 Å². The highest BCUT2D eigenvalue weighted by molar-refractivity contribution is 6.01. The Balaban J connectivity index is 1.88. The molecule has 0 spiro atoms. The third-order valence-corrected chi connectivity index (χ3v) is 3.63. The predicted molar refractivity (Wildman–Crippen MR) is 80.1 cm³/mol. The second-order valence-corrected chi connectivity index (χ2v) is 5.07. The molecule has 0 aliphatic carbocycles. The van der Waals surface area contributed by atoms with Gasteiger partial charge in [-0.1, -0.05) is 24.3 Å². The number of carbonyl (C=O) groups is 1. The summed E-state index contributed by atoms with van der Waals surface area (Å²) in [7, 11) is 0. The molecule has 0 saturated heterocycles. The first kappa shape index (κ1) is 12.7. The minimum absolute atomic E-state index is 0.131. The number of amides is 1. The number of anilines is 2. The van der Waals surface area contributed by atoms with Crippen molar-refractivity contribution in [1.29, 1.82) is 0 Å². The number of nitrogen functional groups attached to an aromatic ring is 1. The maximum absolute atomic E-state index is 12.2. The summed E-state index contributed by atoms with van der Waals surface area (Å²) in [5.41, 5.74) is 16.2. The van der Waals surface area contributed by atoms with Gasteiger partial charge in [-0.05, 0) is 34.9 Å². The largest absolute Gasteiger partial charge is 0.399 e. The molecule has 0 bridgehead atoms. The van der Waals surface area contributed by atoms with E-state index < -0.39 is 0 Å². The van der Waals surface area contributed by atoms with Crippen LogP contribution in [0.25, 0.3) is 0 Å². The van der Waals surface area contributed by atoms with Gasteiger partial charge in [0.25, 0.3) is 0 Å². The zero-order chi connectivity index (χ0) is 14.1. The summed E-state index contributed by atoms with van der Waals surface area (Å²) in [4.78, 5) is 14.0. The summed E-state index contributed by atoms with van der Waals surface area (Å²) in [6, 6.07) is 13.6. The van der Waals surface area contributed by atoms with Crippen molar-refractivity contribution in [2.75, 3.05) is 10.6 Å². The fourth-order valence-corrected chi connectivity index (χ4v) is 2.54. The van der Waals surface area contributed by atoms with Gasteiger partial charge >= 0.3 is 0 Å². The number of nitrogens with zero attached hydrogens (tertiary/aromatic N) is 1. The Bertz CT molecular complexity index is 649. The van der Waals surface area contributed by atoms with E-state index in [4.69, 9.17) is 11.5 Å². The van der Waals surface area contributed by atoms with Crippen LogP contribution in [-0.2, 0) is 24.3 Å². The molecule has 4 N–H and O–H groups in total. The Hall–Kier alpha value is -2.33. The van der Waals surface area contributed by atoms with Gasteiger partial charge in [0.2, 0.25) is 5.91 Å².